The highest BCUT2D eigenvalue weighted by Crippen LogP contribution is 2.18. The smallest absolute Gasteiger partial charge is 0.242 e. The first-order valence-corrected chi connectivity index (χ1v) is 8.37. The van der Waals surface area contributed by atoms with Gasteiger partial charge in [-0.15, -0.1) is 0 Å². The molecule has 0 aliphatic carbocycles. The van der Waals surface area contributed by atoms with Crippen molar-refractivity contribution in [2.24, 2.45) is 0 Å². The van der Waals surface area contributed by atoms with Crippen LogP contribution in [0.3, 0.4) is 0 Å². The van der Waals surface area contributed by atoms with Gasteiger partial charge in [-0.1, -0.05) is 31.9 Å². The highest BCUT2D eigenvalue weighted by Gasteiger charge is 2.22. The molecule has 7 heteroatoms. The summed E-state index contributed by atoms with van der Waals surface area (Å²) in [6, 6.07) is 6.58. The predicted molar refractivity (Wildman–Crippen MR) is 78.5 cm³/mol. The molecule has 0 bridgehead atoms. The lowest BCUT2D eigenvalue weighted by molar-refractivity contribution is 0.195. The Kier molecular flexibility index (Phi) is 6.26. The lowest BCUT2D eigenvalue weighted by Crippen LogP contribution is -2.33. The molecule has 1 atom stereocenters. The fraction of sp³-hybridized carbons (Fsp3) is 0.455. The first-order chi connectivity index (χ1) is 8.37. The zero-order chi connectivity index (χ0) is 13.8. The molecule has 4 nitrogen and oxygen atoms in total. The maximum absolute atomic E-state index is 12.2. The molecule has 0 saturated carbocycles. The van der Waals surface area contributed by atoms with E-state index in [9.17, 15) is 8.42 Å². The number of methoxy groups -OCH3 is 1. The maximum atomic E-state index is 12.2. The molecule has 102 valence electrons. The van der Waals surface area contributed by atoms with Crippen LogP contribution in [0.25, 0.3) is 0 Å². The minimum atomic E-state index is -3.44. The molecular weight excluding hydrogens is 386 g/mol. The van der Waals surface area contributed by atoms with E-state index in [1.54, 1.807) is 38.4 Å². The number of benzene rings is 1. The molecule has 1 aromatic rings. The number of ether oxygens (including phenoxy) is 1. The molecule has 0 saturated heterocycles. The molecule has 1 aromatic carbocycles. The third-order valence-corrected chi connectivity index (χ3v) is 5.24. The van der Waals surface area contributed by atoms with Crippen molar-refractivity contribution in [3.63, 3.8) is 0 Å². The lowest BCUT2D eigenvalue weighted by Gasteiger charge is -2.20. The fourth-order valence-corrected chi connectivity index (χ4v) is 3.77. The van der Waals surface area contributed by atoms with Crippen LogP contribution in [0.5, 0.6) is 0 Å². The molecule has 0 N–H and O–H groups in total. The second-order valence-corrected chi connectivity index (χ2v) is 8.05. The van der Waals surface area contributed by atoms with Crippen molar-refractivity contribution in [2.45, 2.75) is 9.72 Å². The molecule has 0 aliphatic heterocycles. The Hall–Kier alpha value is 0.0500. The zero-order valence-electron chi connectivity index (χ0n) is 10.1. The van der Waals surface area contributed by atoms with Gasteiger partial charge in [-0.05, 0) is 24.3 Å². The van der Waals surface area contributed by atoms with Crippen LogP contribution in [0, 0.1) is 0 Å². The van der Waals surface area contributed by atoms with Crippen LogP contribution >= 0.6 is 31.9 Å². The molecule has 1 unspecified atom stereocenters. The first kappa shape index (κ1) is 16.1. The van der Waals surface area contributed by atoms with E-state index in [1.807, 2.05) is 0 Å². The summed E-state index contributed by atoms with van der Waals surface area (Å²) in [7, 11) is -0.304. The number of hydrogen-bond acceptors (Lipinski definition) is 3. The largest absolute Gasteiger partial charge is 0.383 e. The Morgan fingerprint density at radius 3 is 2.39 bits per heavy atom. The van der Waals surface area contributed by atoms with Gasteiger partial charge in [0.05, 0.1) is 16.3 Å². The van der Waals surface area contributed by atoms with Crippen LogP contribution in [-0.4, -0.2) is 44.9 Å². The molecule has 0 heterocycles. The van der Waals surface area contributed by atoms with E-state index in [0.717, 1.165) is 4.47 Å². The number of sulfonamides is 1. The average Bonchev–Trinajstić information content (AvgIpc) is 2.29. The van der Waals surface area contributed by atoms with E-state index >= 15 is 0 Å². The van der Waals surface area contributed by atoms with Gasteiger partial charge in [0, 0.05) is 25.2 Å². The molecular formula is C11H15Br2NO3S. The van der Waals surface area contributed by atoms with E-state index in [4.69, 9.17) is 4.74 Å². The van der Waals surface area contributed by atoms with E-state index < -0.39 is 10.0 Å². The first-order valence-electron chi connectivity index (χ1n) is 5.23. The Bertz CT molecular complexity index is 476. The second-order valence-electron chi connectivity index (χ2n) is 3.79. The number of hydrogen-bond donors (Lipinski definition) is 0. The standard InChI is InChI=1S/C11H15Br2NO3S/c1-14(7-10(13)8-17-2)18(15,16)11-5-3-9(12)4-6-11/h3-6,10H,7-8H2,1-2H3. The summed E-state index contributed by atoms with van der Waals surface area (Å²) in [5.41, 5.74) is 0. The summed E-state index contributed by atoms with van der Waals surface area (Å²) in [6.45, 7) is 0.812. The number of halogens is 2. The summed E-state index contributed by atoms with van der Waals surface area (Å²) < 4.78 is 31.6. The topological polar surface area (TPSA) is 46.6 Å². The van der Waals surface area contributed by atoms with Crippen LogP contribution in [0.2, 0.25) is 0 Å². The summed E-state index contributed by atoms with van der Waals surface area (Å²) in [6.07, 6.45) is 0. The summed E-state index contributed by atoms with van der Waals surface area (Å²) in [5, 5.41) is 0. The van der Waals surface area contributed by atoms with Crippen LogP contribution < -0.4 is 0 Å². The van der Waals surface area contributed by atoms with Crippen LogP contribution in [0.4, 0.5) is 0 Å². The van der Waals surface area contributed by atoms with Crippen LogP contribution in [0.1, 0.15) is 0 Å². The van der Waals surface area contributed by atoms with Gasteiger partial charge >= 0.3 is 0 Å². The van der Waals surface area contributed by atoms with Gasteiger partial charge in [0.15, 0.2) is 0 Å². The van der Waals surface area contributed by atoms with Crippen molar-refractivity contribution < 1.29 is 13.2 Å². The van der Waals surface area contributed by atoms with E-state index in [2.05, 4.69) is 31.9 Å². The highest BCUT2D eigenvalue weighted by atomic mass is 79.9. The fourth-order valence-electron chi connectivity index (χ4n) is 1.40. The molecule has 0 amide bonds. The molecule has 0 spiro atoms. The molecule has 0 radical (unpaired) electrons. The second kappa shape index (κ2) is 7.00. The lowest BCUT2D eigenvalue weighted by atomic mass is 10.4. The van der Waals surface area contributed by atoms with Crippen LogP contribution in [-0.2, 0) is 14.8 Å². The van der Waals surface area contributed by atoms with Crippen molar-refractivity contribution >= 4 is 41.9 Å². The number of alkyl halides is 1. The van der Waals surface area contributed by atoms with Crippen molar-refractivity contribution in [3.05, 3.63) is 28.7 Å². The molecule has 1 rings (SSSR count). The van der Waals surface area contributed by atoms with E-state index in [1.165, 1.54) is 4.31 Å². The number of nitrogens with zero attached hydrogens (tertiary/aromatic N) is 1. The van der Waals surface area contributed by atoms with Crippen LogP contribution in [0.15, 0.2) is 33.6 Å². The van der Waals surface area contributed by atoms with Gasteiger partial charge in [-0.25, -0.2) is 8.42 Å². The van der Waals surface area contributed by atoms with Crippen molar-refractivity contribution in [3.8, 4) is 0 Å². The third kappa shape index (κ3) is 4.31. The third-order valence-electron chi connectivity index (χ3n) is 2.32. The Morgan fingerprint density at radius 1 is 1.33 bits per heavy atom. The molecule has 0 aliphatic rings. The zero-order valence-corrected chi connectivity index (χ0v) is 14.1. The predicted octanol–water partition coefficient (Wildman–Crippen LogP) is 2.48. The van der Waals surface area contributed by atoms with Gasteiger partial charge in [0.1, 0.15) is 0 Å². The number of rotatable bonds is 6. The quantitative estimate of drug-likeness (QED) is 0.689. The normalized spacial score (nSPS) is 13.8. The van der Waals surface area contributed by atoms with Gasteiger partial charge in [0.2, 0.25) is 10.0 Å². The minimum Gasteiger partial charge on any atom is -0.383 e. The Balaban J connectivity index is 2.83. The monoisotopic (exact) mass is 399 g/mol. The molecule has 18 heavy (non-hydrogen) atoms. The molecule has 0 aromatic heterocycles. The van der Waals surface area contributed by atoms with Crippen molar-refractivity contribution in [1.29, 1.82) is 0 Å². The van der Waals surface area contributed by atoms with E-state index in [0.29, 0.717) is 13.2 Å². The SMILES string of the molecule is COCC(Br)CN(C)S(=O)(=O)c1ccc(Br)cc1. The Morgan fingerprint density at radius 2 is 1.89 bits per heavy atom. The van der Waals surface area contributed by atoms with Gasteiger partial charge in [0.25, 0.3) is 0 Å². The maximum Gasteiger partial charge on any atom is 0.242 e. The van der Waals surface area contributed by atoms with Crippen molar-refractivity contribution in [1.82, 2.24) is 4.31 Å². The Labute approximate surface area is 125 Å². The van der Waals surface area contributed by atoms with Gasteiger partial charge < -0.3 is 4.74 Å². The summed E-state index contributed by atoms with van der Waals surface area (Å²) in [5.74, 6) is 0. The highest BCUT2D eigenvalue weighted by molar-refractivity contribution is 9.10. The molecule has 0 fully saturated rings. The van der Waals surface area contributed by atoms with Gasteiger partial charge in [-0.2, -0.15) is 4.31 Å². The minimum absolute atomic E-state index is 0.0299. The van der Waals surface area contributed by atoms with Gasteiger partial charge in [-0.3, -0.25) is 0 Å². The van der Waals surface area contributed by atoms with E-state index in [-0.39, 0.29) is 9.72 Å². The van der Waals surface area contributed by atoms with Crippen molar-refractivity contribution in [2.75, 3.05) is 27.3 Å². The average molecular weight is 401 g/mol. The summed E-state index contributed by atoms with van der Waals surface area (Å²) in [4.78, 5) is 0.253. The summed E-state index contributed by atoms with van der Waals surface area (Å²) >= 11 is 6.65.